The van der Waals surface area contributed by atoms with Gasteiger partial charge in [-0.05, 0) is 31.2 Å². The fraction of sp³-hybridized carbons (Fsp3) is 0.308. The zero-order valence-corrected chi connectivity index (χ0v) is 9.92. The summed E-state index contributed by atoms with van der Waals surface area (Å²) in [5.41, 5.74) is 1.27. The highest BCUT2D eigenvalue weighted by atomic mass is 16.6. The lowest BCUT2D eigenvalue weighted by molar-refractivity contribution is 0.101. The van der Waals surface area contributed by atoms with Gasteiger partial charge < -0.3 is 4.74 Å². The minimum Gasteiger partial charge on any atom is -0.443 e. The molecule has 2 rings (SSSR count). The lowest BCUT2D eigenvalue weighted by Gasteiger charge is -2.12. The fourth-order valence-electron chi connectivity index (χ4n) is 1.82. The second kappa shape index (κ2) is 4.88. The van der Waals surface area contributed by atoms with Crippen LogP contribution in [0.15, 0.2) is 24.3 Å². The van der Waals surface area contributed by atoms with Crippen molar-refractivity contribution in [3.05, 3.63) is 29.8 Å². The summed E-state index contributed by atoms with van der Waals surface area (Å²) in [4.78, 5) is 24.2. The molecule has 92 valence electrons. The van der Waals surface area contributed by atoms with Crippen molar-refractivity contribution in [2.45, 2.75) is 19.4 Å². The summed E-state index contributed by atoms with van der Waals surface area (Å²) in [6, 6.07) is 8.72. The fourth-order valence-corrected chi connectivity index (χ4v) is 1.82. The number of amides is 1. The summed E-state index contributed by atoms with van der Waals surface area (Å²) in [5, 5.41) is 8.57. The maximum atomic E-state index is 11.6. The topological polar surface area (TPSA) is 70.4 Å². The lowest BCUT2D eigenvalue weighted by Crippen LogP contribution is -2.24. The Morgan fingerprint density at radius 1 is 1.50 bits per heavy atom. The normalized spacial score (nSPS) is 18.3. The zero-order valence-electron chi connectivity index (χ0n) is 9.92. The van der Waals surface area contributed by atoms with Crippen LogP contribution in [-0.2, 0) is 4.74 Å². The van der Waals surface area contributed by atoms with E-state index in [4.69, 9.17) is 10.00 Å². The molecule has 1 amide bonds. The third-order valence-electron chi connectivity index (χ3n) is 2.78. The van der Waals surface area contributed by atoms with E-state index in [0.717, 1.165) is 0 Å². The molecular weight excluding hydrogens is 232 g/mol. The van der Waals surface area contributed by atoms with E-state index in [-0.39, 0.29) is 18.3 Å². The number of ether oxygens (including phenoxy) is 1. The van der Waals surface area contributed by atoms with Gasteiger partial charge in [-0.1, -0.05) is 0 Å². The Hall–Kier alpha value is -2.35. The van der Waals surface area contributed by atoms with Crippen molar-refractivity contribution >= 4 is 17.6 Å². The third-order valence-corrected chi connectivity index (χ3v) is 2.78. The van der Waals surface area contributed by atoms with Gasteiger partial charge in [-0.15, -0.1) is 0 Å². The number of nitriles is 1. The second-order valence-corrected chi connectivity index (χ2v) is 4.08. The van der Waals surface area contributed by atoms with E-state index >= 15 is 0 Å². The van der Waals surface area contributed by atoms with Crippen LogP contribution in [0.25, 0.3) is 0 Å². The number of anilines is 1. The Bertz CT molecular complexity index is 516. The Kier molecular flexibility index (Phi) is 3.28. The van der Waals surface area contributed by atoms with Crippen LogP contribution >= 0.6 is 0 Å². The molecule has 0 aromatic heterocycles. The molecule has 0 aliphatic carbocycles. The van der Waals surface area contributed by atoms with Crippen LogP contribution < -0.4 is 4.90 Å². The Labute approximate surface area is 105 Å². The number of hydrogen-bond acceptors (Lipinski definition) is 4. The molecule has 1 atom stereocenters. The first-order valence-corrected chi connectivity index (χ1v) is 5.58. The van der Waals surface area contributed by atoms with Gasteiger partial charge in [0.05, 0.1) is 19.0 Å². The van der Waals surface area contributed by atoms with Crippen LogP contribution in [0, 0.1) is 11.3 Å². The van der Waals surface area contributed by atoms with Crippen molar-refractivity contribution in [2.24, 2.45) is 0 Å². The van der Waals surface area contributed by atoms with E-state index in [0.29, 0.717) is 17.8 Å². The van der Waals surface area contributed by atoms with Crippen LogP contribution in [0.2, 0.25) is 0 Å². The molecule has 5 nitrogen and oxygen atoms in total. The van der Waals surface area contributed by atoms with Crippen molar-refractivity contribution in [1.82, 2.24) is 0 Å². The molecule has 0 spiro atoms. The van der Waals surface area contributed by atoms with Crippen LogP contribution in [0.1, 0.15) is 23.7 Å². The van der Waals surface area contributed by atoms with Crippen LogP contribution in [0.3, 0.4) is 0 Å². The van der Waals surface area contributed by atoms with Gasteiger partial charge in [0, 0.05) is 11.3 Å². The molecule has 1 unspecified atom stereocenters. The van der Waals surface area contributed by atoms with Gasteiger partial charge in [-0.25, -0.2) is 4.79 Å². The predicted octanol–water partition coefficient (Wildman–Crippen LogP) is 2.13. The van der Waals surface area contributed by atoms with Gasteiger partial charge in [0.2, 0.25) is 0 Å². The number of Topliss-reactive ketones (excluding diaryl/α,β-unsaturated/α-hetero) is 1. The molecule has 18 heavy (non-hydrogen) atoms. The van der Waals surface area contributed by atoms with E-state index in [1.807, 2.05) is 6.07 Å². The minimum absolute atomic E-state index is 0.0205. The monoisotopic (exact) mass is 244 g/mol. The smallest absolute Gasteiger partial charge is 0.414 e. The summed E-state index contributed by atoms with van der Waals surface area (Å²) in [5.74, 6) is -0.0205. The molecule has 1 aliphatic heterocycles. The molecule has 0 saturated carbocycles. The van der Waals surface area contributed by atoms with Crippen molar-refractivity contribution in [2.75, 3.05) is 11.4 Å². The van der Waals surface area contributed by atoms with Gasteiger partial charge in [-0.3, -0.25) is 9.69 Å². The van der Waals surface area contributed by atoms with Gasteiger partial charge in [0.25, 0.3) is 0 Å². The number of ketones is 1. The third kappa shape index (κ3) is 2.33. The molecular formula is C13H12N2O3. The molecule has 0 radical (unpaired) electrons. The zero-order chi connectivity index (χ0) is 13.1. The van der Waals surface area contributed by atoms with Crippen LogP contribution in [-0.4, -0.2) is 24.5 Å². The van der Waals surface area contributed by atoms with Gasteiger partial charge >= 0.3 is 6.09 Å². The Balaban J connectivity index is 2.15. The molecule has 0 bridgehead atoms. The van der Waals surface area contributed by atoms with E-state index in [2.05, 4.69) is 0 Å². The number of carbonyl (C=O) groups is 2. The largest absolute Gasteiger partial charge is 0.443 e. The van der Waals surface area contributed by atoms with Crippen LogP contribution in [0.4, 0.5) is 10.5 Å². The minimum atomic E-state index is -0.453. The van der Waals surface area contributed by atoms with E-state index < -0.39 is 6.09 Å². The van der Waals surface area contributed by atoms with Crippen molar-refractivity contribution in [1.29, 1.82) is 5.26 Å². The summed E-state index contributed by atoms with van der Waals surface area (Å²) in [6.07, 6.45) is -0.644. The predicted molar refractivity (Wildman–Crippen MR) is 64.3 cm³/mol. The average molecular weight is 244 g/mol. The molecule has 1 aromatic rings. The molecule has 5 heteroatoms. The number of cyclic esters (lactones) is 1. The molecule has 0 N–H and O–H groups in total. The lowest BCUT2D eigenvalue weighted by atomic mass is 10.1. The maximum absolute atomic E-state index is 11.6. The standard InChI is InChI=1S/C13H12N2O3/c1-9(16)10-2-4-11(5-3-10)15-8-12(6-7-14)18-13(15)17/h2-5,12H,6,8H2,1H3. The van der Waals surface area contributed by atoms with E-state index in [1.165, 1.54) is 11.8 Å². The highest BCUT2D eigenvalue weighted by molar-refractivity contribution is 5.95. The summed E-state index contributed by atoms with van der Waals surface area (Å²) in [6.45, 7) is 1.86. The highest BCUT2D eigenvalue weighted by Gasteiger charge is 2.31. The summed E-state index contributed by atoms with van der Waals surface area (Å²) >= 11 is 0. The first kappa shape index (κ1) is 12.1. The second-order valence-electron chi connectivity index (χ2n) is 4.08. The number of nitrogens with zero attached hydrogens (tertiary/aromatic N) is 2. The molecule has 1 saturated heterocycles. The average Bonchev–Trinajstić information content (AvgIpc) is 2.71. The molecule has 1 aromatic carbocycles. The number of benzene rings is 1. The van der Waals surface area contributed by atoms with Gasteiger partial charge in [-0.2, -0.15) is 5.26 Å². The first-order chi connectivity index (χ1) is 8.61. The quantitative estimate of drug-likeness (QED) is 0.763. The number of rotatable bonds is 3. The SMILES string of the molecule is CC(=O)c1ccc(N2CC(CC#N)OC2=O)cc1. The van der Waals surface area contributed by atoms with Gasteiger partial charge in [0.15, 0.2) is 5.78 Å². The number of hydrogen-bond donors (Lipinski definition) is 0. The van der Waals surface area contributed by atoms with Gasteiger partial charge in [0.1, 0.15) is 6.10 Å². The first-order valence-electron chi connectivity index (χ1n) is 5.58. The van der Waals surface area contributed by atoms with Crippen molar-refractivity contribution < 1.29 is 14.3 Å². The highest BCUT2D eigenvalue weighted by Crippen LogP contribution is 2.23. The summed E-state index contributed by atoms with van der Waals surface area (Å²) in [7, 11) is 0. The maximum Gasteiger partial charge on any atom is 0.414 e. The van der Waals surface area contributed by atoms with E-state index in [9.17, 15) is 9.59 Å². The van der Waals surface area contributed by atoms with Crippen molar-refractivity contribution in [3.8, 4) is 6.07 Å². The molecule has 1 heterocycles. The Morgan fingerprint density at radius 3 is 2.72 bits per heavy atom. The van der Waals surface area contributed by atoms with Crippen LogP contribution in [0.5, 0.6) is 0 Å². The van der Waals surface area contributed by atoms with Crippen molar-refractivity contribution in [3.63, 3.8) is 0 Å². The Morgan fingerprint density at radius 2 is 2.17 bits per heavy atom. The van der Waals surface area contributed by atoms with E-state index in [1.54, 1.807) is 24.3 Å². The number of carbonyl (C=O) groups excluding carboxylic acids is 2. The molecule has 1 aliphatic rings. The molecule has 1 fully saturated rings. The summed E-state index contributed by atoms with van der Waals surface area (Å²) < 4.78 is 5.04.